The molecule has 1 aliphatic heterocycles. The number of nitrogens with zero attached hydrogens (tertiary/aromatic N) is 5. The van der Waals surface area contributed by atoms with E-state index in [2.05, 4.69) is 73.4 Å². The Morgan fingerprint density at radius 2 is 1.73 bits per heavy atom. The zero-order valence-corrected chi connectivity index (χ0v) is 17.6. The van der Waals surface area contributed by atoms with Crippen molar-refractivity contribution in [2.24, 2.45) is 0 Å². The van der Waals surface area contributed by atoms with E-state index in [-0.39, 0.29) is 0 Å². The average molecular weight is 418 g/mol. The lowest BCUT2D eigenvalue weighted by molar-refractivity contribution is 0.647. The van der Waals surface area contributed by atoms with Crippen LogP contribution >= 0.6 is 11.3 Å². The van der Waals surface area contributed by atoms with Gasteiger partial charge in [-0.05, 0) is 36.8 Å². The number of hydrogen-bond donors (Lipinski definition) is 2. The van der Waals surface area contributed by atoms with Crippen molar-refractivity contribution in [1.82, 2.24) is 15.0 Å². The molecular weight excluding hydrogens is 394 g/mol. The van der Waals surface area contributed by atoms with Gasteiger partial charge in [0.15, 0.2) is 16.8 Å². The third kappa shape index (κ3) is 3.61. The molecule has 8 heteroatoms. The number of aryl methyl sites for hydroxylation is 1. The van der Waals surface area contributed by atoms with Gasteiger partial charge in [-0.1, -0.05) is 35.6 Å². The molecule has 0 spiro atoms. The zero-order valence-electron chi connectivity index (χ0n) is 16.7. The third-order valence-corrected chi connectivity index (χ3v) is 6.27. The molecule has 3 N–H and O–H groups in total. The molecule has 2 aromatic heterocycles. The van der Waals surface area contributed by atoms with E-state index in [1.807, 2.05) is 12.1 Å². The Bertz CT molecular complexity index is 1170. The minimum Gasteiger partial charge on any atom is -0.393 e. The lowest BCUT2D eigenvalue weighted by atomic mass is 10.2. The van der Waals surface area contributed by atoms with Crippen LogP contribution in [0.5, 0.6) is 0 Å². The van der Waals surface area contributed by atoms with Crippen LogP contribution in [0.1, 0.15) is 5.56 Å². The normalized spacial score (nSPS) is 14.3. The van der Waals surface area contributed by atoms with Gasteiger partial charge in [-0.25, -0.2) is 15.0 Å². The fourth-order valence-electron chi connectivity index (χ4n) is 3.74. The van der Waals surface area contributed by atoms with Gasteiger partial charge in [0.25, 0.3) is 0 Å². The fraction of sp³-hybridized carbons (Fsp3) is 0.227. The van der Waals surface area contributed by atoms with Gasteiger partial charge in [0.05, 0.1) is 10.2 Å². The van der Waals surface area contributed by atoms with Crippen molar-refractivity contribution in [1.29, 1.82) is 0 Å². The summed E-state index contributed by atoms with van der Waals surface area (Å²) in [5.41, 5.74) is 10.5. The highest BCUT2D eigenvalue weighted by Gasteiger charge is 2.21. The Morgan fingerprint density at radius 3 is 2.53 bits per heavy atom. The second kappa shape index (κ2) is 7.79. The second-order valence-electron chi connectivity index (χ2n) is 7.38. The minimum absolute atomic E-state index is 0.557. The van der Waals surface area contributed by atoms with Crippen LogP contribution in [0, 0.1) is 6.92 Å². The molecule has 0 saturated carbocycles. The van der Waals surface area contributed by atoms with Crippen LogP contribution in [0.4, 0.5) is 28.1 Å². The SMILES string of the molecule is Cc1ccc2nc(Nc3ncnc(N4CCN(c5ccccc5)CC4)c3N)sc2c1. The first-order chi connectivity index (χ1) is 14.7. The first-order valence-electron chi connectivity index (χ1n) is 9.97. The van der Waals surface area contributed by atoms with E-state index in [4.69, 9.17) is 5.73 Å². The molecule has 0 radical (unpaired) electrons. The van der Waals surface area contributed by atoms with Crippen LogP contribution < -0.4 is 20.9 Å². The quantitative estimate of drug-likeness (QED) is 0.518. The lowest BCUT2D eigenvalue weighted by Crippen LogP contribution is -2.47. The van der Waals surface area contributed by atoms with Crippen LogP contribution in [0.3, 0.4) is 0 Å². The smallest absolute Gasteiger partial charge is 0.189 e. The highest BCUT2D eigenvalue weighted by atomic mass is 32.1. The maximum absolute atomic E-state index is 6.46. The number of nitrogens with two attached hydrogens (primary N) is 1. The predicted molar refractivity (Wildman–Crippen MR) is 125 cm³/mol. The highest BCUT2D eigenvalue weighted by Crippen LogP contribution is 2.33. The van der Waals surface area contributed by atoms with Crippen LogP contribution in [0.2, 0.25) is 0 Å². The molecule has 5 rings (SSSR count). The number of rotatable bonds is 4. The van der Waals surface area contributed by atoms with Gasteiger partial charge < -0.3 is 20.9 Å². The van der Waals surface area contributed by atoms with Crippen LogP contribution in [0.15, 0.2) is 54.9 Å². The number of nitrogen functional groups attached to an aromatic ring is 1. The number of para-hydroxylation sites is 1. The largest absolute Gasteiger partial charge is 0.393 e. The van der Waals surface area contributed by atoms with Crippen molar-refractivity contribution in [3.8, 4) is 0 Å². The molecule has 0 atom stereocenters. The topological polar surface area (TPSA) is 83.2 Å². The summed E-state index contributed by atoms with van der Waals surface area (Å²) >= 11 is 1.60. The van der Waals surface area contributed by atoms with E-state index >= 15 is 0 Å². The van der Waals surface area contributed by atoms with Crippen molar-refractivity contribution in [3.63, 3.8) is 0 Å². The van der Waals surface area contributed by atoms with Crippen molar-refractivity contribution in [2.45, 2.75) is 6.92 Å². The third-order valence-electron chi connectivity index (χ3n) is 5.33. The molecule has 2 aromatic carbocycles. The first-order valence-corrected chi connectivity index (χ1v) is 10.8. The zero-order chi connectivity index (χ0) is 20.5. The maximum atomic E-state index is 6.46. The Balaban J connectivity index is 1.33. The maximum Gasteiger partial charge on any atom is 0.189 e. The number of aromatic nitrogens is 3. The Hall–Kier alpha value is -3.39. The fourth-order valence-corrected chi connectivity index (χ4v) is 4.70. The molecular formula is C22H23N7S. The molecule has 30 heavy (non-hydrogen) atoms. The summed E-state index contributed by atoms with van der Waals surface area (Å²) in [5, 5.41) is 4.07. The van der Waals surface area contributed by atoms with Crippen LogP contribution in [0.25, 0.3) is 10.2 Å². The van der Waals surface area contributed by atoms with Gasteiger partial charge in [0.2, 0.25) is 0 Å². The highest BCUT2D eigenvalue weighted by molar-refractivity contribution is 7.22. The molecule has 1 aliphatic rings. The van der Waals surface area contributed by atoms with Crippen molar-refractivity contribution < 1.29 is 0 Å². The molecule has 3 heterocycles. The summed E-state index contributed by atoms with van der Waals surface area (Å²) in [6, 6.07) is 16.7. The minimum atomic E-state index is 0.557. The Kier molecular flexibility index (Phi) is 4.84. The number of thiazole rings is 1. The van der Waals surface area contributed by atoms with Gasteiger partial charge in [-0.2, -0.15) is 0 Å². The van der Waals surface area contributed by atoms with Gasteiger partial charge in [-0.3, -0.25) is 0 Å². The predicted octanol–water partition coefficient (Wildman–Crippen LogP) is 4.05. The summed E-state index contributed by atoms with van der Waals surface area (Å²) < 4.78 is 1.14. The van der Waals surface area contributed by atoms with Gasteiger partial charge in [-0.15, -0.1) is 0 Å². The molecule has 0 amide bonds. The van der Waals surface area contributed by atoms with E-state index in [9.17, 15) is 0 Å². The molecule has 1 saturated heterocycles. The first kappa shape index (κ1) is 18.6. The number of anilines is 5. The van der Waals surface area contributed by atoms with Crippen molar-refractivity contribution in [2.75, 3.05) is 47.0 Å². The van der Waals surface area contributed by atoms with Gasteiger partial charge in [0, 0.05) is 31.9 Å². The van der Waals surface area contributed by atoms with E-state index in [1.165, 1.54) is 11.3 Å². The summed E-state index contributed by atoms with van der Waals surface area (Å²) in [6.45, 7) is 5.64. The van der Waals surface area contributed by atoms with E-state index in [0.29, 0.717) is 11.5 Å². The monoisotopic (exact) mass is 417 g/mol. The molecule has 152 valence electrons. The van der Waals surface area contributed by atoms with E-state index < -0.39 is 0 Å². The number of benzene rings is 2. The van der Waals surface area contributed by atoms with Gasteiger partial charge >= 0.3 is 0 Å². The number of piperazine rings is 1. The molecule has 0 bridgehead atoms. The summed E-state index contributed by atoms with van der Waals surface area (Å²) in [6.07, 6.45) is 1.56. The molecule has 7 nitrogen and oxygen atoms in total. The standard InChI is InChI=1S/C22H23N7S/c1-15-7-8-17-18(13-15)30-22(26-17)27-20-19(23)21(25-14-24-20)29-11-9-28(10-12-29)16-5-3-2-4-6-16/h2-8,13-14H,9-12,23H2,1H3,(H,24,25,26,27). The number of nitrogens with one attached hydrogen (secondary N) is 1. The summed E-state index contributed by atoms with van der Waals surface area (Å²) in [7, 11) is 0. The van der Waals surface area contributed by atoms with E-state index in [1.54, 1.807) is 17.7 Å². The summed E-state index contributed by atoms with van der Waals surface area (Å²) in [5.74, 6) is 1.37. The Labute approximate surface area is 179 Å². The molecule has 4 aromatic rings. The molecule has 1 fully saturated rings. The van der Waals surface area contributed by atoms with Gasteiger partial charge in [0.1, 0.15) is 12.0 Å². The summed E-state index contributed by atoms with van der Waals surface area (Å²) in [4.78, 5) is 18.1. The van der Waals surface area contributed by atoms with Crippen LogP contribution in [-0.4, -0.2) is 41.1 Å². The number of hydrogen-bond acceptors (Lipinski definition) is 8. The molecule has 0 unspecified atom stereocenters. The van der Waals surface area contributed by atoms with Crippen molar-refractivity contribution >= 4 is 49.7 Å². The Morgan fingerprint density at radius 1 is 0.967 bits per heavy atom. The number of fused-ring (bicyclic) bond motifs is 1. The van der Waals surface area contributed by atoms with E-state index in [0.717, 1.165) is 47.3 Å². The van der Waals surface area contributed by atoms with Crippen LogP contribution in [-0.2, 0) is 0 Å². The van der Waals surface area contributed by atoms with Crippen molar-refractivity contribution in [3.05, 3.63) is 60.4 Å². The second-order valence-corrected chi connectivity index (χ2v) is 8.42. The lowest BCUT2D eigenvalue weighted by Gasteiger charge is -2.37. The average Bonchev–Trinajstić information content (AvgIpc) is 3.17. The molecule has 0 aliphatic carbocycles.